The number of aromatic nitrogens is 2. The number of nitrogens with two attached hydrogens (primary N) is 1. The normalized spacial score (nSPS) is 21.7. The van der Waals surface area contributed by atoms with Gasteiger partial charge in [0.25, 0.3) is 5.91 Å². The van der Waals surface area contributed by atoms with Gasteiger partial charge in [0.1, 0.15) is 0 Å². The molecule has 0 spiro atoms. The predicted octanol–water partition coefficient (Wildman–Crippen LogP) is 0.666. The van der Waals surface area contributed by atoms with E-state index in [-0.39, 0.29) is 23.5 Å². The summed E-state index contributed by atoms with van der Waals surface area (Å²) in [4.78, 5) is 13.8. The standard InChI is InChI=1S/C9H14N4O2/c1-6-4-2-3-5-13(6)9(14)7-8(10)12-15-11-7/h6H,2-5H2,1H3,(H2,10,12). The van der Waals surface area contributed by atoms with E-state index >= 15 is 0 Å². The fourth-order valence-corrected chi connectivity index (χ4v) is 1.88. The highest BCUT2D eigenvalue weighted by molar-refractivity contribution is 5.96. The maximum Gasteiger partial charge on any atom is 0.280 e. The molecule has 6 nitrogen and oxygen atoms in total. The van der Waals surface area contributed by atoms with Crippen molar-refractivity contribution >= 4 is 11.7 Å². The van der Waals surface area contributed by atoms with Gasteiger partial charge in [0.15, 0.2) is 0 Å². The first-order valence-electron chi connectivity index (χ1n) is 5.09. The Kier molecular flexibility index (Phi) is 2.57. The van der Waals surface area contributed by atoms with E-state index in [1.165, 1.54) is 0 Å². The number of nitrogens with zero attached hydrogens (tertiary/aromatic N) is 3. The molecule has 15 heavy (non-hydrogen) atoms. The molecule has 0 bridgehead atoms. The minimum atomic E-state index is -0.180. The lowest BCUT2D eigenvalue weighted by Gasteiger charge is -2.32. The number of piperidine rings is 1. The Labute approximate surface area is 87.4 Å². The molecular weight excluding hydrogens is 196 g/mol. The Bertz CT molecular complexity index is 363. The first kappa shape index (κ1) is 9.95. The SMILES string of the molecule is CC1CCCCN1C(=O)c1nonc1N. The first-order chi connectivity index (χ1) is 7.20. The van der Waals surface area contributed by atoms with Crippen LogP contribution in [0, 0.1) is 0 Å². The number of likely N-dealkylation sites (tertiary alicyclic amines) is 1. The molecule has 1 fully saturated rings. The molecular formula is C9H14N4O2. The van der Waals surface area contributed by atoms with Gasteiger partial charge in [0.2, 0.25) is 11.5 Å². The molecule has 1 aliphatic heterocycles. The molecule has 1 aromatic rings. The van der Waals surface area contributed by atoms with Crippen LogP contribution in [0.25, 0.3) is 0 Å². The summed E-state index contributed by atoms with van der Waals surface area (Å²) >= 11 is 0. The quantitative estimate of drug-likeness (QED) is 0.736. The number of hydrogen-bond donors (Lipinski definition) is 1. The van der Waals surface area contributed by atoms with E-state index in [0.29, 0.717) is 0 Å². The van der Waals surface area contributed by atoms with Crippen LogP contribution < -0.4 is 5.73 Å². The van der Waals surface area contributed by atoms with Crippen LogP contribution in [-0.4, -0.2) is 33.7 Å². The molecule has 1 aromatic heterocycles. The van der Waals surface area contributed by atoms with Crippen molar-refractivity contribution in [2.24, 2.45) is 0 Å². The summed E-state index contributed by atoms with van der Waals surface area (Å²) < 4.78 is 4.42. The number of carbonyl (C=O) groups is 1. The molecule has 0 saturated carbocycles. The van der Waals surface area contributed by atoms with Crippen LogP contribution >= 0.6 is 0 Å². The van der Waals surface area contributed by atoms with Crippen molar-refractivity contribution in [3.05, 3.63) is 5.69 Å². The van der Waals surface area contributed by atoms with Gasteiger partial charge in [-0.2, -0.15) is 0 Å². The lowest BCUT2D eigenvalue weighted by Crippen LogP contribution is -2.42. The van der Waals surface area contributed by atoms with Gasteiger partial charge in [-0.05, 0) is 36.5 Å². The Hall–Kier alpha value is -1.59. The number of amides is 1. The number of anilines is 1. The third-order valence-corrected chi connectivity index (χ3v) is 2.78. The highest BCUT2D eigenvalue weighted by Gasteiger charge is 2.28. The highest BCUT2D eigenvalue weighted by Crippen LogP contribution is 2.19. The van der Waals surface area contributed by atoms with Crippen molar-refractivity contribution in [1.82, 2.24) is 15.2 Å². The molecule has 2 heterocycles. The third-order valence-electron chi connectivity index (χ3n) is 2.78. The molecule has 1 saturated heterocycles. The lowest BCUT2D eigenvalue weighted by atomic mass is 10.0. The van der Waals surface area contributed by atoms with Gasteiger partial charge in [-0.3, -0.25) is 4.79 Å². The van der Waals surface area contributed by atoms with Crippen molar-refractivity contribution in [2.75, 3.05) is 12.3 Å². The van der Waals surface area contributed by atoms with E-state index in [1.54, 1.807) is 4.90 Å². The van der Waals surface area contributed by atoms with Crippen LogP contribution in [0.3, 0.4) is 0 Å². The van der Waals surface area contributed by atoms with E-state index in [4.69, 9.17) is 5.73 Å². The van der Waals surface area contributed by atoms with E-state index in [2.05, 4.69) is 14.9 Å². The van der Waals surface area contributed by atoms with Gasteiger partial charge >= 0.3 is 0 Å². The topological polar surface area (TPSA) is 85.2 Å². The highest BCUT2D eigenvalue weighted by atomic mass is 16.6. The molecule has 2 rings (SSSR count). The number of carbonyl (C=O) groups excluding carboxylic acids is 1. The van der Waals surface area contributed by atoms with Gasteiger partial charge in [-0.25, -0.2) is 4.63 Å². The molecule has 0 aliphatic carbocycles. The minimum absolute atomic E-state index is 0.0674. The summed E-state index contributed by atoms with van der Waals surface area (Å²) in [5.41, 5.74) is 5.61. The van der Waals surface area contributed by atoms with Gasteiger partial charge in [0.05, 0.1) is 0 Å². The molecule has 1 unspecified atom stereocenters. The molecule has 1 atom stereocenters. The van der Waals surface area contributed by atoms with Crippen molar-refractivity contribution in [3.8, 4) is 0 Å². The smallest absolute Gasteiger partial charge is 0.280 e. The second-order valence-corrected chi connectivity index (χ2v) is 3.84. The Morgan fingerprint density at radius 1 is 1.53 bits per heavy atom. The second kappa shape index (κ2) is 3.88. The van der Waals surface area contributed by atoms with E-state index in [1.807, 2.05) is 6.92 Å². The zero-order valence-corrected chi connectivity index (χ0v) is 8.64. The zero-order valence-electron chi connectivity index (χ0n) is 8.64. The summed E-state index contributed by atoms with van der Waals surface area (Å²) in [7, 11) is 0. The zero-order chi connectivity index (χ0) is 10.8. The summed E-state index contributed by atoms with van der Waals surface area (Å²) in [5.74, 6) is -0.112. The Balaban J connectivity index is 2.17. The molecule has 6 heteroatoms. The van der Waals surface area contributed by atoms with Gasteiger partial charge in [-0.15, -0.1) is 0 Å². The minimum Gasteiger partial charge on any atom is -0.379 e. The van der Waals surface area contributed by atoms with Gasteiger partial charge in [-0.1, -0.05) is 0 Å². The first-order valence-corrected chi connectivity index (χ1v) is 5.09. The monoisotopic (exact) mass is 210 g/mol. The number of nitrogen functional groups attached to an aromatic ring is 1. The molecule has 0 radical (unpaired) electrons. The largest absolute Gasteiger partial charge is 0.379 e. The fraction of sp³-hybridized carbons (Fsp3) is 0.667. The maximum absolute atomic E-state index is 12.0. The number of hydrogen-bond acceptors (Lipinski definition) is 5. The Morgan fingerprint density at radius 3 is 2.93 bits per heavy atom. The van der Waals surface area contributed by atoms with Crippen LogP contribution in [-0.2, 0) is 0 Å². The summed E-state index contributed by atoms with van der Waals surface area (Å²) in [5, 5.41) is 6.92. The van der Waals surface area contributed by atoms with Gasteiger partial charge in [0, 0.05) is 12.6 Å². The van der Waals surface area contributed by atoms with Crippen LogP contribution in [0.4, 0.5) is 5.82 Å². The van der Waals surface area contributed by atoms with Crippen LogP contribution in [0.1, 0.15) is 36.7 Å². The molecule has 0 aromatic carbocycles. The van der Waals surface area contributed by atoms with Crippen molar-refractivity contribution < 1.29 is 9.42 Å². The summed E-state index contributed by atoms with van der Waals surface area (Å²) in [6.45, 7) is 2.78. The van der Waals surface area contributed by atoms with Crippen molar-refractivity contribution in [1.29, 1.82) is 0 Å². The van der Waals surface area contributed by atoms with Crippen LogP contribution in [0.2, 0.25) is 0 Å². The van der Waals surface area contributed by atoms with Crippen LogP contribution in [0.5, 0.6) is 0 Å². The van der Waals surface area contributed by atoms with E-state index < -0.39 is 0 Å². The molecule has 1 amide bonds. The molecule has 2 N–H and O–H groups in total. The van der Waals surface area contributed by atoms with Crippen molar-refractivity contribution in [3.63, 3.8) is 0 Å². The molecule has 82 valence electrons. The molecule has 1 aliphatic rings. The Morgan fingerprint density at radius 2 is 2.33 bits per heavy atom. The lowest BCUT2D eigenvalue weighted by molar-refractivity contribution is 0.0625. The average Bonchev–Trinajstić information content (AvgIpc) is 2.64. The third kappa shape index (κ3) is 1.79. The van der Waals surface area contributed by atoms with Gasteiger partial charge < -0.3 is 10.6 Å². The second-order valence-electron chi connectivity index (χ2n) is 3.84. The average molecular weight is 210 g/mol. The summed E-state index contributed by atoms with van der Waals surface area (Å²) in [6.07, 6.45) is 3.22. The van der Waals surface area contributed by atoms with Crippen LogP contribution in [0.15, 0.2) is 4.63 Å². The maximum atomic E-state index is 12.0. The van der Waals surface area contributed by atoms with Crippen molar-refractivity contribution in [2.45, 2.75) is 32.2 Å². The summed E-state index contributed by atoms with van der Waals surface area (Å²) in [6, 6.07) is 0.238. The fourth-order valence-electron chi connectivity index (χ4n) is 1.88. The number of rotatable bonds is 1. The van der Waals surface area contributed by atoms with E-state index in [0.717, 1.165) is 25.8 Å². The predicted molar refractivity (Wildman–Crippen MR) is 53.1 cm³/mol. The van der Waals surface area contributed by atoms with E-state index in [9.17, 15) is 4.79 Å².